The van der Waals surface area contributed by atoms with Crippen LogP contribution in [0.4, 0.5) is 18.9 Å². The monoisotopic (exact) mass is 545 g/mol. The van der Waals surface area contributed by atoms with Gasteiger partial charge in [0.1, 0.15) is 17.3 Å². The van der Waals surface area contributed by atoms with Crippen LogP contribution >= 0.6 is 23.2 Å². The Kier molecular flexibility index (Phi) is 6.51. The molecular formula is C20H16Cl2F3N7O2S. The molecular weight excluding hydrogens is 530 g/mol. The number of hydrogen-bond donors (Lipinski definition) is 2. The van der Waals surface area contributed by atoms with E-state index in [1.807, 2.05) is 13.8 Å². The van der Waals surface area contributed by atoms with Crippen LogP contribution in [-0.2, 0) is 16.2 Å². The predicted octanol–water partition coefficient (Wildman–Crippen LogP) is 5.30. The van der Waals surface area contributed by atoms with Gasteiger partial charge < -0.3 is 0 Å². The lowest BCUT2D eigenvalue weighted by Gasteiger charge is -2.15. The fourth-order valence-corrected chi connectivity index (χ4v) is 4.69. The Labute approximate surface area is 207 Å². The summed E-state index contributed by atoms with van der Waals surface area (Å²) in [5.41, 5.74) is -1.37. The van der Waals surface area contributed by atoms with Gasteiger partial charge in [0.25, 0.3) is 10.0 Å². The number of benzene rings is 1. The molecule has 2 N–H and O–H groups in total. The van der Waals surface area contributed by atoms with Crippen LogP contribution < -0.4 is 4.72 Å². The third kappa shape index (κ3) is 4.97. The topological polar surface area (TPSA) is 118 Å². The van der Waals surface area contributed by atoms with Crippen molar-refractivity contribution in [3.63, 3.8) is 0 Å². The van der Waals surface area contributed by atoms with Crippen LogP contribution in [-0.4, -0.2) is 38.4 Å². The van der Waals surface area contributed by atoms with Crippen LogP contribution in [0.1, 0.15) is 31.2 Å². The van der Waals surface area contributed by atoms with Crippen LogP contribution in [0.5, 0.6) is 0 Å². The summed E-state index contributed by atoms with van der Waals surface area (Å²) in [6.45, 7) is 3.77. The molecule has 0 amide bonds. The minimum absolute atomic E-state index is 0.0389. The van der Waals surface area contributed by atoms with Crippen molar-refractivity contribution in [3.8, 4) is 17.3 Å². The lowest BCUT2D eigenvalue weighted by atomic mass is 10.2. The molecule has 15 heteroatoms. The van der Waals surface area contributed by atoms with Gasteiger partial charge in [-0.1, -0.05) is 37.0 Å². The molecule has 0 saturated carbocycles. The third-order valence-electron chi connectivity index (χ3n) is 4.80. The summed E-state index contributed by atoms with van der Waals surface area (Å²) in [7, 11) is -4.52. The van der Waals surface area contributed by atoms with Crippen molar-refractivity contribution in [3.05, 3.63) is 64.2 Å². The Balaban J connectivity index is 1.84. The van der Waals surface area contributed by atoms with Crippen molar-refractivity contribution in [2.24, 2.45) is 0 Å². The molecule has 3 heterocycles. The lowest BCUT2D eigenvalue weighted by molar-refractivity contribution is -0.137. The van der Waals surface area contributed by atoms with Gasteiger partial charge in [0.2, 0.25) is 0 Å². The van der Waals surface area contributed by atoms with Gasteiger partial charge in [0, 0.05) is 18.2 Å². The summed E-state index contributed by atoms with van der Waals surface area (Å²) in [6, 6.07) is 5.20. The minimum Gasteiger partial charge on any atom is -0.277 e. The molecule has 4 aromatic rings. The SMILES string of the molecule is CC(C)c1nnc(-c2ncc(Cl)cc2NS(=O)(=O)c2ccc(Cl)c(C(F)(F)F)c2)n1-c1ccn[nH]1. The molecule has 184 valence electrons. The summed E-state index contributed by atoms with van der Waals surface area (Å²) >= 11 is 11.7. The summed E-state index contributed by atoms with van der Waals surface area (Å²) in [5, 5.41) is 14.5. The number of halogens is 5. The van der Waals surface area contributed by atoms with E-state index in [0.717, 1.165) is 12.1 Å². The van der Waals surface area contributed by atoms with Gasteiger partial charge in [-0.3, -0.25) is 14.4 Å². The quantitative estimate of drug-likeness (QED) is 0.339. The molecule has 0 aliphatic rings. The van der Waals surface area contributed by atoms with E-state index in [4.69, 9.17) is 23.2 Å². The number of nitrogens with zero attached hydrogens (tertiary/aromatic N) is 5. The van der Waals surface area contributed by atoms with E-state index >= 15 is 0 Å². The molecule has 0 bridgehead atoms. The van der Waals surface area contributed by atoms with Crippen LogP contribution in [0.2, 0.25) is 10.0 Å². The van der Waals surface area contributed by atoms with Gasteiger partial charge in [-0.05, 0) is 24.3 Å². The normalized spacial score (nSPS) is 12.3. The number of pyridine rings is 1. The zero-order valence-corrected chi connectivity index (χ0v) is 20.3. The number of anilines is 1. The molecule has 0 aliphatic carbocycles. The first-order valence-corrected chi connectivity index (χ1v) is 12.1. The number of sulfonamides is 1. The fourth-order valence-electron chi connectivity index (χ4n) is 3.22. The van der Waals surface area contributed by atoms with Crippen molar-refractivity contribution in [2.45, 2.75) is 30.8 Å². The van der Waals surface area contributed by atoms with Crippen LogP contribution in [0, 0.1) is 0 Å². The molecule has 0 unspecified atom stereocenters. The van der Waals surface area contributed by atoms with Crippen LogP contribution in [0.25, 0.3) is 17.3 Å². The van der Waals surface area contributed by atoms with E-state index < -0.39 is 31.7 Å². The third-order valence-corrected chi connectivity index (χ3v) is 6.69. The maximum atomic E-state index is 13.3. The number of hydrogen-bond acceptors (Lipinski definition) is 6. The summed E-state index contributed by atoms with van der Waals surface area (Å²) in [4.78, 5) is 3.57. The lowest BCUT2D eigenvalue weighted by Crippen LogP contribution is -2.16. The van der Waals surface area contributed by atoms with Gasteiger partial charge in [-0.25, -0.2) is 13.4 Å². The second-order valence-electron chi connectivity index (χ2n) is 7.61. The average Bonchev–Trinajstić information content (AvgIpc) is 3.42. The van der Waals surface area contributed by atoms with Crippen LogP contribution in [0.15, 0.2) is 47.6 Å². The maximum absolute atomic E-state index is 13.3. The van der Waals surface area contributed by atoms with Gasteiger partial charge in [0.05, 0.1) is 32.4 Å². The van der Waals surface area contributed by atoms with E-state index in [2.05, 4.69) is 30.1 Å². The van der Waals surface area contributed by atoms with E-state index in [9.17, 15) is 21.6 Å². The van der Waals surface area contributed by atoms with Crippen molar-refractivity contribution in [2.75, 3.05) is 4.72 Å². The first kappa shape index (κ1) is 24.9. The predicted molar refractivity (Wildman–Crippen MR) is 123 cm³/mol. The molecule has 1 aromatic carbocycles. The van der Waals surface area contributed by atoms with Gasteiger partial charge in [0.15, 0.2) is 5.82 Å². The minimum atomic E-state index is -4.85. The zero-order valence-electron chi connectivity index (χ0n) is 18.0. The van der Waals surface area contributed by atoms with E-state index in [1.165, 1.54) is 18.5 Å². The van der Waals surface area contributed by atoms with Crippen molar-refractivity contribution in [1.29, 1.82) is 0 Å². The largest absolute Gasteiger partial charge is 0.417 e. The standard InChI is InChI=1S/C20H16Cl2F3N7O2S/c1-10(2)18-29-30-19(32(18)16-5-6-27-28-16)17-15(7-11(21)9-26-17)31-35(33,34)12-3-4-14(22)13(8-12)20(23,24)25/h3-10,31H,1-2H3,(H,27,28). The number of aromatic amines is 1. The Morgan fingerprint density at radius 3 is 2.49 bits per heavy atom. The average molecular weight is 546 g/mol. The summed E-state index contributed by atoms with van der Waals surface area (Å²) in [5.74, 6) is 1.09. The summed E-state index contributed by atoms with van der Waals surface area (Å²) in [6.07, 6.45) is -2.06. The molecule has 0 atom stereocenters. The van der Waals surface area contributed by atoms with E-state index in [1.54, 1.807) is 10.6 Å². The Morgan fingerprint density at radius 1 is 1.11 bits per heavy atom. The Hall–Kier alpha value is -3.16. The van der Waals surface area contributed by atoms with Crippen molar-refractivity contribution >= 4 is 38.9 Å². The molecule has 4 rings (SSSR count). The van der Waals surface area contributed by atoms with Gasteiger partial charge in [-0.2, -0.15) is 18.3 Å². The number of alkyl halides is 3. The number of nitrogens with one attached hydrogen (secondary N) is 2. The maximum Gasteiger partial charge on any atom is 0.417 e. The smallest absolute Gasteiger partial charge is 0.277 e. The highest BCUT2D eigenvalue weighted by Gasteiger charge is 2.35. The molecule has 35 heavy (non-hydrogen) atoms. The Morgan fingerprint density at radius 2 is 1.86 bits per heavy atom. The van der Waals surface area contributed by atoms with Gasteiger partial charge >= 0.3 is 6.18 Å². The van der Waals surface area contributed by atoms with Gasteiger partial charge in [-0.15, -0.1) is 10.2 Å². The highest BCUT2D eigenvalue weighted by atomic mass is 35.5. The highest BCUT2D eigenvalue weighted by molar-refractivity contribution is 7.92. The van der Waals surface area contributed by atoms with Crippen molar-refractivity contribution in [1.82, 2.24) is 29.9 Å². The number of rotatable bonds is 6. The molecule has 0 aliphatic heterocycles. The van der Waals surface area contributed by atoms with E-state index in [-0.39, 0.29) is 28.1 Å². The molecule has 0 radical (unpaired) electrons. The fraction of sp³-hybridized carbons (Fsp3) is 0.200. The first-order valence-electron chi connectivity index (χ1n) is 9.89. The highest BCUT2D eigenvalue weighted by Crippen LogP contribution is 2.37. The Bertz CT molecular complexity index is 1490. The number of H-pyrrole nitrogens is 1. The van der Waals surface area contributed by atoms with E-state index in [0.29, 0.717) is 17.7 Å². The number of aromatic nitrogens is 6. The molecule has 0 spiro atoms. The summed E-state index contributed by atoms with van der Waals surface area (Å²) < 4.78 is 69.8. The molecule has 0 saturated heterocycles. The molecule has 3 aromatic heterocycles. The second-order valence-corrected chi connectivity index (χ2v) is 10.1. The molecule has 9 nitrogen and oxygen atoms in total. The second kappa shape index (κ2) is 9.13. The first-order chi connectivity index (χ1) is 16.4. The zero-order chi connectivity index (χ0) is 25.5. The van der Waals surface area contributed by atoms with Crippen LogP contribution in [0.3, 0.4) is 0 Å². The molecule has 0 fully saturated rings. The van der Waals surface area contributed by atoms with Crippen molar-refractivity contribution < 1.29 is 21.6 Å².